The summed E-state index contributed by atoms with van der Waals surface area (Å²) in [5, 5.41) is 3.33. The van der Waals surface area contributed by atoms with Gasteiger partial charge in [-0.1, -0.05) is 36.4 Å². The highest BCUT2D eigenvalue weighted by atomic mass is 16.5. The first-order chi connectivity index (χ1) is 14.2. The van der Waals surface area contributed by atoms with E-state index in [2.05, 4.69) is 10.2 Å². The summed E-state index contributed by atoms with van der Waals surface area (Å²) in [6.45, 7) is 2.00. The second kappa shape index (κ2) is 8.73. The predicted molar refractivity (Wildman–Crippen MR) is 115 cm³/mol. The van der Waals surface area contributed by atoms with Crippen LogP contribution < -0.4 is 10.2 Å². The fraction of sp³-hybridized carbons (Fsp3) is 0.261. The summed E-state index contributed by atoms with van der Waals surface area (Å²) in [6.07, 6.45) is 3.61. The average molecular weight is 388 g/mol. The molecule has 1 fully saturated rings. The summed E-state index contributed by atoms with van der Waals surface area (Å²) in [7, 11) is 1.38. The van der Waals surface area contributed by atoms with Crippen LogP contribution in [0.1, 0.15) is 29.6 Å². The molecule has 2 aromatic carbocycles. The van der Waals surface area contributed by atoms with Crippen LogP contribution in [0, 0.1) is 0 Å². The van der Waals surface area contributed by atoms with Crippen molar-refractivity contribution in [1.29, 1.82) is 0 Å². The molecule has 0 unspecified atom stereocenters. The first-order valence-corrected chi connectivity index (χ1v) is 9.88. The Morgan fingerprint density at radius 2 is 1.76 bits per heavy atom. The van der Waals surface area contributed by atoms with E-state index in [1.165, 1.54) is 26.4 Å². The number of anilines is 3. The van der Waals surface area contributed by atoms with Gasteiger partial charge in [0.2, 0.25) is 0 Å². The quantitative estimate of drug-likeness (QED) is 0.641. The Hall–Kier alpha value is -3.41. The lowest BCUT2D eigenvalue weighted by Gasteiger charge is -2.28. The van der Waals surface area contributed by atoms with Crippen molar-refractivity contribution >= 4 is 23.3 Å². The van der Waals surface area contributed by atoms with E-state index in [1.54, 1.807) is 12.1 Å². The Bertz CT molecular complexity index is 985. The first-order valence-electron chi connectivity index (χ1n) is 9.88. The molecule has 1 aromatic heterocycles. The second-order valence-corrected chi connectivity index (χ2v) is 7.05. The van der Waals surface area contributed by atoms with E-state index >= 15 is 0 Å². The molecule has 29 heavy (non-hydrogen) atoms. The van der Waals surface area contributed by atoms with Crippen molar-refractivity contribution in [1.82, 2.24) is 9.97 Å². The minimum absolute atomic E-state index is 0.365. The molecule has 2 heterocycles. The van der Waals surface area contributed by atoms with Gasteiger partial charge in [-0.2, -0.15) is 0 Å². The largest absolute Gasteiger partial charge is 0.465 e. The molecule has 6 nitrogen and oxygen atoms in total. The second-order valence-electron chi connectivity index (χ2n) is 7.05. The number of hydrogen-bond donors (Lipinski definition) is 1. The van der Waals surface area contributed by atoms with Gasteiger partial charge in [0.15, 0.2) is 5.82 Å². The molecule has 6 heteroatoms. The van der Waals surface area contributed by atoms with Crippen molar-refractivity contribution in [3.05, 3.63) is 66.2 Å². The third-order valence-electron chi connectivity index (χ3n) is 4.98. The number of rotatable bonds is 5. The number of methoxy groups -OCH3 is 1. The molecule has 1 saturated heterocycles. The molecule has 0 spiro atoms. The summed E-state index contributed by atoms with van der Waals surface area (Å²) < 4.78 is 4.82. The lowest BCUT2D eigenvalue weighted by Crippen LogP contribution is -2.30. The number of carbonyl (C=O) groups excluding carboxylic acids is 1. The standard InChI is InChI=1S/C23H24N4O2/c1-29-23(28)18-11-8-12-19(15-18)24-20-16-21(27-13-6-3-7-14-27)26-22(25-20)17-9-4-2-5-10-17/h2,4-5,8-12,15-16H,3,6-7,13-14H2,1H3,(H,24,25,26). The first kappa shape index (κ1) is 18.9. The van der Waals surface area contributed by atoms with Crippen molar-refractivity contribution in [3.8, 4) is 11.4 Å². The van der Waals surface area contributed by atoms with Gasteiger partial charge in [0.25, 0.3) is 0 Å². The number of nitrogens with zero attached hydrogens (tertiary/aromatic N) is 3. The highest BCUT2D eigenvalue weighted by Crippen LogP contribution is 2.26. The zero-order chi connectivity index (χ0) is 20.1. The van der Waals surface area contributed by atoms with Crippen molar-refractivity contribution in [2.45, 2.75) is 19.3 Å². The van der Waals surface area contributed by atoms with E-state index in [0.29, 0.717) is 17.2 Å². The number of esters is 1. The molecular weight excluding hydrogens is 364 g/mol. The van der Waals surface area contributed by atoms with Crippen molar-refractivity contribution < 1.29 is 9.53 Å². The summed E-state index contributed by atoms with van der Waals surface area (Å²) >= 11 is 0. The molecule has 1 aliphatic rings. The van der Waals surface area contributed by atoms with Gasteiger partial charge in [-0.15, -0.1) is 0 Å². The fourth-order valence-corrected chi connectivity index (χ4v) is 3.49. The van der Waals surface area contributed by atoms with Crippen LogP contribution >= 0.6 is 0 Å². The van der Waals surface area contributed by atoms with E-state index in [9.17, 15) is 4.79 Å². The SMILES string of the molecule is COC(=O)c1cccc(Nc2cc(N3CCCCC3)nc(-c3ccccc3)n2)c1. The van der Waals surface area contributed by atoms with Crippen molar-refractivity contribution in [2.75, 3.05) is 30.4 Å². The zero-order valence-corrected chi connectivity index (χ0v) is 16.5. The fourth-order valence-electron chi connectivity index (χ4n) is 3.49. The number of aromatic nitrogens is 2. The lowest BCUT2D eigenvalue weighted by atomic mass is 10.1. The highest BCUT2D eigenvalue weighted by Gasteiger charge is 2.16. The van der Waals surface area contributed by atoms with Crippen molar-refractivity contribution in [2.24, 2.45) is 0 Å². The molecule has 4 rings (SSSR count). The molecular formula is C23H24N4O2. The topological polar surface area (TPSA) is 67.3 Å². The Kier molecular flexibility index (Phi) is 5.70. The minimum atomic E-state index is -0.365. The summed E-state index contributed by atoms with van der Waals surface area (Å²) in [5.74, 6) is 1.93. The van der Waals surface area contributed by atoms with E-state index in [-0.39, 0.29) is 5.97 Å². The zero-order valence-electron chi connectivity index (χ0n) is 16.5. The number of carbonyl (C=O) groups is 1. The smallest absolute Gasteiger partial charge is 0.337 e. The maximum atomic E-state index is 11.8. The monoisotopic (exact) mass is 388 g/mol. The number of benzene rings is 2. The van der Waals surface area contributed by atoms with Crippen LogP contribution in [-0.2, 0) is 4.74 Å². The van der Waals surface area contributed by atoms with Crippen LogP contribution in [0.2, 0.25) is 0 Å². The van der Waals surface area contributed by atoms with E-state index in [0.717, 1.165) is 30.2 Å². The maximum absolute atomic E-state index is 11.8. The van der Waals surface area contributed by atoms with Crippen LogP contribution in [0.3, 0.4) is 0 Å². The molecule has 3 aromatic rings. The molecule has 0 aliphatic carbocycles. The Morgan fingerprint density at radius 1 is 0.966 bits per heavy atom. The van der Waals surface area contributed by atoms with Crippen LogP contribution in [0.5, 0.6) is 0 Å². The van der Waals surface area contributed by atoms with Gasteiger partial charge in [-0.05, 0) is 37.5 Å². The molecule has 0 amide bonds. The van der Waals surface area contributed by atoms with Crippen LogP contribution in [0.15, 0.2) is 60.7 Å². The molecule has 0 saturated carbocycles. The third-order valence-corrected chi connectivity index (χ3v) is 4.98. The Labute approximate surface area is 170 Å². The van der Waals surface area contributed by atoms with Gasteiger partial charge in [0.05, 0.1) is 12.7 Å². The number of piperidine rings is 1. The summed E-state index contributed by atoms with van der Waals surface area (Å²) in [5.41, 5.74) is 2.24. The molecule has 1 N–H and O–H groups in total. The normalized spacial score (nSPS) is 13.8. The molecule has 148 valence electrons. The maximum Gasteiger partial charge on any atom is 0.337 e. The molecule has 1 aliphatic heterocycles. The number of hydrogen-bond acceptors (Lipinski definition) is 6. The average Bonchev–Trinajstić information content (AvgIpc) is 2.79. The van der Waals surface area contributed by atoms with Gasteiger partial charge in [0, 0.05) is 30.4 Å². The summed E-state index contributed by atoms with van der Waals surface area (Å²) in [6, 6.07) is 19.2. The van der Waals surface area contributed by atoms with E-state index in [4.69, 9.17) is 14.7 Å². The van der Waals surface area contributed by atoms with Gasteiger partial charge in [-0.3, -0.25) is 0 Å². The van der Waals surface area contributed by atoms with Gasteiger partial charge in [0.1, 0.15) is 11.6 Å². The van der Waals surface area contributed by atoms with Crippen molar-refractivity contribution in [3.63, 3.8) is 0 Å². The number of ether oxygens (including phenoxy) is 1. The van der Waals surface area contributed by atoms with E-state index < -0.39 is 0 Å². The highest BCUT2D eigenvalue weighted by molar-refractivity contribution is 5.90. The molecule has 0 bridgehead atoms. The molecule has 0 radical (unpaired) electrons. The van der Waals surface area contributed by atoms with Gasteiger partial charge < -0.3 is 15.0 Å². The summed E-state index contributed by atoms with van der Waals surface area (Å²) in [4.78, 5) is 23.7. The van der Waals surface area contributed by atoms with Crippen LogP contribution in [0.25, 0.3) is 11.4 Å². The third kappa shape index (κ3) is 4.54. The predicted octanol–water partition coefficient (Wildman–Crippen LogP) is 4.66. The van der Waals surface area contributed by atoms with Crippen LogP contribution in [-0.4, -0.2) is 36.1 Å². The van der Waals surface area contributed by atoms with E-state index in [1.807, 2.05) is 48.5 Å². The van der Waals surface area contributed by atoms with Gasteiger partial charge >= 0.3 is 5.97 Å². The minimum Gasteiger partial charge on any atom is -0.465 e. The molecule has 0 atom stereocenters. The lowest BCUT2D eigenvalue weighted by molar-refractivity contribution is 0.0601. The number of nitrogens with one attached hydrogen (secondary N) is 1. The van der Waals surface area contributed by atoms with Gasteiger partial charge in [-0.25, -0.2) is 14.8 Å². The van der Waals surface area contributed by atoms with Crippen LogP contribution in [0.4, 0.5) is 17.3 Å². The Balaban J connectivity index is 1.69. The Morgan fingerprint density at radius 3 is 2.52 bits per heavy atom.